The molecule has 1 aliphatic rings. The van der Waals surface area contributed by atoms with Crippen LogP contribution in [0.5, 0.6) is 0 Å². The molecule has 0 saturated heterocycles. The number of rotatable bonds is 5. The molecule has 0 bridgehead atoms. The van der Waals surface area contributed by atoms with Gasteiger partial charge in [0.2, 0.25) is 5.91 Å². The number of carboxylic acids is 1. The Morgan fingerprint density at radius 3 is 2.47 bits per heavy atom. The molecule has 4 N–H and O–H groups in total. The van der Waals surface area contributed by atoms with Crippen LogP contribution in [0.3, 0.4) is 0 Å². The Bertz CT molecular complexity index is 259. The standard InChI is InChI=1S/C10H18N2O3/c1-7(11)9(15)12-6-10(3-2-4-10)5-8(13)14/h7H,2-6,11H2,1H3,(H,12,15)(H,13,14)/t7-/m0/s1. The third-order valence-corrected chi connectivity index (χ3v) is 2.99. The number of hydrogen-bond donors (Lipinski definition) is 3. The molecule has 1 saturated carbocycles. The summed E-state index contributed by atoms with van der Waals surface area (Å²) in [6.07, 6.45) is 2.92. The predicted octanol–water partition coefficient (Wildman–Crippen LogP) is 0.0948. The van der Waals surface area contributed by atoms with Gasteiger partial charge in [-0.05, 0) is 25.2 Å². The zero-order valence-electron chi connectivity index (χ0n) is 8.95. The molecule has 5 nitrogen and oxygen atoms in total. The van der Waals surface area contributed by atoms with Gasteiger partial charge in [0.1, 0.15) is 0 Å². The average Bonchev–Trinajstić information content (AvgIpc) is 2.08. The van der Waals surface area contributed by atoms with Crippen molar-refractivity contribution in [2.45, 2.75) is 38.6 Å². The van der Waals surface area contributed by atoms with Gasteiger partial charge in [0.05, 0.1) is 12.5 Å². The van der Waals surface area contributed by atoms with Gasteiger partial charge in [0, 0.05) is 6.54 Å². The number of carbonyl (C=O) groups excluding carboxylic acids is 1. The molecule has 86 valence electrons. The molecule has 0 aromatic heterocycles. The third kappa shape index (κ3) is 3.20. The number of nitrogens with one attached hydrogen (secondary N) is 1. The summed E-state index contributed by atoms with van der Waals surface area (Å²) in [5.41, 5.74) is 5.17. The van der Waals surface area contributed by atoms with Crippen molar-refractivity contribution in [2.24, 2.45) is 11.1 Å². The molecule has 1 fully saturated rings. The van der Waals surface area contributed by atoms with Crippen LogP contribution in [0.4, 0.5) is 0 Å². The van der Waals surface area contributed by atoms with E-state index in [1.54, 1.807) is 6.92 Å². The summed E-state index contributed by atoms with van der Waals surface area (Å²) in [5, 5.41) is 11.5. The highest BCUT2D eigenvalue weighted by Gasteiger charge is 2.39. The largest absolute Gasteiger partial charge is 0.481 e. The van der Waals surface area contributed by atoms with Gasteiger partial charge in [-0.2, -0.15) is 0 Å². The fraction of sp³-hybridized carbons (Fsp3) is 0.800. The van der Waals surface area contributed by atoms with E-state index >= 15 is 0 Å². The van der Waals surface area contributed by atoms with E-state index in [2.05, 4.69) is 5.32 Å². The van der Waals surface area contributed by atoms with E-state index in [1.165, 1.54) is 0 Å². The third-order valence-electron chi connectivity index (χ3n) is 2.99. The molecule has 0 spiro atoms. The monoisotopic (exact) mass is 214 g/mol. The number of nitrogens with two attached hydrogens (primary N) is 1. The lowest BCUT2D eigenvalue weighted by molar-refractivity contribution is -0.141. The second-order valence-corrected chi connectivity index (χ2v) is 4.43. The minimum atomic E-state index is -0.801. The Morgan fingerprint density at radius 2 is 2.13 bits per heavy atom. The van der Waals surface area contributed by atoms with E-state index in [9.17, 15) is 9.59 Å². The van der Waals surface area contributed by atoms with Gasteiger partial charge in [-0.3, -0.25) is 9.59 Å². The first-order valence-corrected chi connectivity index (χ1v) is 5.20. The molecular formula is C10H18N2O3. The van der Waals surface area contributed by atoms with Gasteiger partial charge >= 0.3 is 5.97 Å². The minimum Gasteiger partial charge on any atom is -0.481 e. The van der Waals surface area contributed by atoms with Gasteiger partial charge in [-0.15, -0.1) is 0 Å². The molecule has 1 amide bonds. The second kappa shape index (κ2) is 4.61. The van der Waals surface area contributed by atoms with E-state index in [4.69, 9.17) is 10.8 Å². The second-order valence-electron chi connectivity index (χ2n) is 4.43. The molecule has 0 aromatic carbocycles. The Morgan fingerprint density at radius 1 is 1.53 bits per heavy atom. The molecule has 1 atom stereocenters. The zero-order valence-corrected chi connectivity index (χ0v) is 8.95. The van der Waals surface area contributed by atoms with Crippen LogP contribution in [0.1, 0.15) is 32.6 Å². The first-order chi connectivity index (χ1) is 6.95. The van der Waals surface area contributed by atoms with Crippen molar-refractivity contribution in [1.29, 1.82) is 0 Å². The zero-order chi connectivity index (χ0) is 11.5. The van der Waals surface area contributed by atoms with Crippen LogP contribution in [0.15, 0.2) is 0 Å². The van der Waals surface area contributed by atoms with Gasteiger partial charge in [0.25, 0.3) is 0 Å². The maximum absolute atomic E-state index is 11.2. The molecule has 1 rings (SSSR count). The topological polar surface area (TPSA) is 92.4 Å². The molecule has 0 heterocycles. The lowest BCUT2D eigenvalue weighted by Gasteiger charge is -2.41. The predicted molar refractivity (Wildman–Crippen MR) is 55.2 cm³/mol. The SMILES string of the molecule is C[C@H](N)C(=O)NCC1(CC(=O)O)CCC1. The Kier molecular flexibility index (Phi) is 3.68. The normalized spacial score (nSPS) is 20.1. The van der Waals surface area contributed by atoms with E-state index in [1.807, 2.05) is 0 Å². The minimum absolute atomic E-state index is 0.131. The quantitative estimate of drug-likeness (QED) is 0.605. The van der Waals surface area contributed by atoms with Gasteiger partial charge in [0.15, 0.2) is 0 Å². The summed E-state index contributed by atoms with van der Waals surface area (Å²) in [4.78, 5) is 21.9. The fourth-order valence-electron chi connectivity index (χ4n) is 1.85. The van der Waals surface area contributed by atoms with Crippen molar-refractivity contribution in [3.8, 4) is 0 Å². The van der Waals surface area contributed by atoms with Crippen LogP contribution in [0, 0.1) is 5.41 Å². The van der Waals surface area contributed by atoms with Gasteiger partial charge in [-0.1, -0.05) is 6.42 Å². The fourth-order valence-corrected chi connectivity index (χ4v) is 1.85. The lowest BCUT2D eigenvalue weighted by Crippen LogP contribution is -2.47. The summed E-state index contributed by atoms with van der Waals surface area (Å²) in [6.45, 7) is 2.04. The molecule has 0 aliphatic heterocycles. The van der Waals surface area contributed by atoms with Crippen molar-refractivity contribution >= 4 is 11.9 Å². The maximum atomic E-state index is 11.2. The molecule has 0 aromatic rings. The molecule has 0 radical (unpaired) electrons. The smallest absolute Gasteiger partial charge is 0.303 e. The molecule has 0 unspecified atom stereocenters. The summed E-state index contributed by atoms with van der Waals surface area (Å²) in [7, 11) is 0. The van der Waals surface area contributed by atoms with Crippen molar-refractivity contribution < 1.29 is 14.7 Å². The van der Waals surface area contributed by atoms with Crippen LogP contribution >= 0.6 is 0 Å². The number of carbonyl (C=O) groups is 2. The summed E-state index contributed by atoms with van der Waals surface area (Å²) >= 11 is 0. The van der Waals surface area contributed by atoms with E-state index in [-0.39, 0.29) is 17.7 Å². The van der Waals surface area contributed by atoms with Crippen LogP contribution in [-0.4, -0.2) is 29.6 Å². The molecule has 5 heteroatoms. The first-order valence-electron chi connectivity index (χ1n) is 5.20. The van der Waals surface area contributed by atoms with E-state index < -0.39 is 12.0 Å². The highest BCUT2D eigenvalue weighted by atomic mass is 16.4. The first kappa shape index (κ1) is 12.0. The summed E-state index contributed by atoms with van der Waals surface area (Å²) < 4.78 is 0. The number of carboxylic acid groups (broad SMARTS) is 1. The number of hydrogen-bond acceptors (Lipinski definition) is 3. The van der Waals surface area contributed by atoms with E-state index in [0.717, 1.165) is 19.3 Å². The molecular weight excluding hydrogens is 196 g/mol. The van der Waals surface area contributed by atoms with Crippen LogP contribution in [-0.2, 0) is 9.59 Å². The van der Waals surface area contributed by atoms with Crippen LogP contribution in [0.25, 0.3) is 0 Å². The van der Waals surface area contributed by atoms with Gasteiger partial charge in [-0.25, -0.2) is 0 Å². The lowest BCUT2D eigenvalue weighted by atomic mass is 9.66. The number of aliphatic carboxylic acids is 1. The highest BCUT2D eigenvalue weighted by Crippen LogP contribution is 2.43. The number of amides is 1. The average molecular weight is 214 g/mol. The molecule has 1 aliphatic carbocycles. The summed E-state index contributed by atoms with van der Waals surface area (Å²) in [5.74, 6) is -1.02. The Hall–Kier alpha value is -1.10. The van der Waals surface area contributed by atoms with Crippen LogP contribution < -0.4 is 11.1 Å². The highest BCUT2D eigenvalue weighted by molar-refractivity contribution is 5.81. The van der Waals surface area contributed by atoms with Crippen molar-refractivity contribution in [3.05, 3.63) is 0 Å². The van der Waals surface area contributed by atoms with E-state index in [0.29, 0.717) is 6.54 Å². The van der Waals surface area contributed by atoms with Gasteiger partial charge < -0.3 is 16.2 Å². The Balaban J connectivity index is 2.40. The Labute approximate surface area is 89.0 Å². The maximum Gasteiger partial charge on any atom is 0.303 e. The van der Waals surface area contributed by atoms with Crippen molar-refractivity contribution in [3.63, 3.8) is 0 Å². The summed E-state index contributed by atoms with van der Waals surface area (Å²) in [6, 6.07) is -0.535. The van der Waals surface area contributed by atoms with Crippen LogP contribution in [0.2, 0.25) is 0 Å². The van der Waals surface area contributed by atoms with Crippen molar-refractivity contribution in [2.75, 3.05) is 6.54 Å². The van der Waals surface area contributed by atoms with Crippen molar-refractivity contribution in [1.82, 2.24) is 5.32 Å². The molecule has 15 heavy (non-hydrogen) atoms.